The number of hydrogen-bond donors (Lipinski definition) is 1. The molecule has 1 unspecified atom stereocenters. The van der Waals surface area contributed by atoms with Crippen LogP contribution in [-0.4, -0.2) is 10.9 Å². The number of hydrogen-bond acceptors (Lipinski definition) is 8. The molecular formula is C29H18ClN3O6. The summed E-state index contributed by atoms with van der Waals surface area (Å²) in [5.74, 6) is 0.0530. The van der Waals surface area contributed by atoms with Crippen LogP contribution in [-0.2, 0) is 0 Å². The van der Waals surface area contributed by atoms with Gasteiger partial charge in [-0.2, -0.15) is 5.26 Å². The summed E-state index contributed by atoms with van der Waals surface area (Å²) in [4.78, 5) is 23.2. The van der Waals surface area contributed by atoms with E-state index in [0.29, 0.717) is 17.1 Å². The van der Waals surface area contributed by atoms with Crippen LogP contribution in [0.3, 0.4) is 0 Å². The molecule has 0 spiro atoms. The van der Waals surface area contributed by atoms with Crippen LogP contribution in [0, 0.1) is 21.4 Å². The molecule has 4 aromatic carbocycles. The minimum Gasteiger partial charge on any atom is -0.457 e. The van der Waals surface area contributed by atoms with E-state index in [9.17, 15) is 20.2 Å². The van der Waals surface area contributed by atoms with E-state index in [1.807, 2.05) is 48.5 Å². The topological polar surface area (TPSA) is 138 Å². The van der Waals surface area contributed by atoms with Crippen LogP contribution in [0.4, 0.5) is 5.69 Å². The number of nitrogens with zero attached hydrogens (tertiary/aromatic N) is 2. The van der Waals surface area contributed by atoms with Crippen LogP contribution < -0.4 is 19.9 Å². The van der Waals surface area contributed by atoms with Crippen molar-refractivity contribution in [2.24, 2.45) is 5.73 Å². The standard InChI is InChI=1S/C29H18ClN3O6/c30-25-12-9-18(33(35)36)14-23(25)29(34)38-21-10-11-22-26(15-21)39-28(32)24(16-31)27(22)17-5-4-8-20(13-17)37-19-6-2-1-3-7-19/h1-15,27H,32H2. The van der Waals surface area contributed by atoms with Crippen molar-refractivity contribution in [3.8, 4) is 29.1 Å². The lowest BCUT2D eigenvalue weighted by molar-refractivity contribution is -0.384. The first-order chi connectivity index (χ1) is 18.8. The molecule has 5 rings (SSSR count). The van der Waals surface area contributed by atoms with Crippen LogP contribution in [0.5, 0.6) is 23.0 Å². The summed E-state index contributed by atoms with van der Waals surface area (Å²) in [6.45, 7) is 0. The second-order valence-corrected chi connectivity index (χ2v) is 8.83. The normalized spacial score (nSPS) is 14.0. The van der Waals surface area contributed by atoms with Crippen molar-refractivity contribution in [2.45, 2.75) is 5.92 Å². The zero-order valence-corrected chi connectivity index (χ0v) is 20.8. The maximum atomic E-state index is 12.8. The van der Waals surface area contributed by atoms with Crippen molar-refractivity contribution in [2.75, 3.05) is 0 Å². The van der Waals surface area contributed by atoms with Crippen molar-refractivity contribution in [3.05, 3.63) is 134 Å². The highest BCUT2D eigenvalue weighted by Crippen LogP contribution is 2.44. The predicted octanol–water partition coefficient (Wildman–Crippen LogP) is 6.48. The van der Waals surface area contributed by atoms with Crippen LogP contribution >= 0.6 is 11.6 Å². The van der Waals surface area contributed by atoms with E-state index in [1.165, 1.54) is 24.3 Å². The molecule has 0 amide bonds. The first kappa shape index (κ1) is 25.3. The molecule has 0 saturated heterocycles. The number of nitro groups is 1. The quantitative estimate of drug-likeness (QED) is 0.127. The summed E-state index contributed by atoms with van der Waals surface area (Å²) < 4.78 is 17.1. The number of benzene rings is 4. The zero-order chi connectivity index (χ0) is 27.5. The molecule has 0 saturated carbocycles. The van der Waals surface area contributed by atoms with E-state index in [-0.39, 0.29) is 39.2 Å². The average molecular weight is 540 g/mol. The summed E-state index contributed by atoms with van der Waals surface area (Å²) in [7, 11) is 0. The van der Waals surface area contributed by atoms with Crippen molar-refractivity contribution >= 4 is 23.3 Å². The third-order valence-corrected chi connectivity index (χ3v) is 6.28. The van der Waals surface area contributed by atoms with Crippen molar-refractivity contribution in [1.29, 1.82) is 5.26 Å². The van der Waals surface area contributed by atoms with Gasteiger partial charge in [-0.15, -0.1) is 0 Å². The van der Waals surface area contributed by atoms with Gasteiger partial charge in [0.2, 0.25) is 5.88 Å². The number of rotatable bonds is 6. The predicted molar refractivity (Wildman–Crippen MR) is 142 cm³/mol. The minimum atomic E-state index is -0.886. The van der Waals surface area contributed by atoms with Gasteiger partial charge in [-0.1, -0.05) is 48.0 Å². The number of allylic oxidation sites excluding steroid dienone is 1. The van der Waals surface area contributed by atoms with E-state index in [0.717, 1.165) is 11.6 Å². The smallest absolute Gasteiger partial charge is 0.345 e. The second-order valence-electron chi connectivity index (χ2n) is 8.42. The highest BCUT2D eigenvalue weighted by Gasteiger charge is 2.31. The lowest BCUT2D eigenvalue weighted by Gasteiger charge is -2.27. The van der Waals surface area contributed by atoms with Gasteiger partial charge in [0.1, 0.15) is 34.6 Å². The highest BCUT2D eigenvalue weighted by molar-refractivity contribution is 6.33. The summed E-state index contributed by atoms with van der Waals surface area (Å²) >= 11 is 6.07. The number of esters is 1. The van der Waals surface area contributed by atoms with Gasteiger partial charge < -0.3 is 19.9 Å². The number of carbonyl (C=O) groups excluding carboxylic acids is 1. The number of halogens is 1. The number of nitriles is 1. The molecule has 39 heavy (non-hydrogen) atoms. The first-order valence-corrected chi connectivity index (χ1v) is 11.9. The first-order valence-electron chi connectivity index (χ1n) is 11.5. The van der Waals surface area contributed by atoms with Crippen molar-refractivity contribution in [3.63, 3.8) is 0 Å². The SMILES string of the molecule is N#CC1=C(N)Oc2cc(OC(=O)c3cc([N+](=O)[O-])ccc3Cl)ccc2C1c1cccc(Oc2ccccc2)c1. The number of carbonyl (C=O) groups is 1. The van der Waals surface area contributed by atoms with Gasteiger partial charge in [-0.25, -0.2) is 4.79 Å². The van der Waals surface area contributed by atoms with E-state index in [4.69, 9.17) is 31.5 Å². The molecule has 10 heteroatoms. The van der Waals surface area contributed by atoms with Gasteiger partial charge >= 0.3 is 5.97 Å². The summed E-state index contributed by atoms with van der Waals surface area (Å²) in [6, 6.07) is 26.8. The lowest BCUT2D eigenvalue weighted by atomic mass is 9.83. The molecule has 0 aromatic heterocycles. The fraction of sp³-hybridized carbons (Fsp3) is 0.0345. The Morgan fingerprint density at radius 1 is 0.974 bits per heavy atom. The Morgan fingerprint density at radius 3 is 2.49 bits per heavy atom. The van der Waals surface area contributed by atoms with Crippen LogP contribution in [0.15, 0.2) is 102 Å². The Morgan fingerprint density at radius 2 is 1.74 bits per heavy atom. The molecule has 0 bridgehead atoms. The number of fused-ring (bicyclic) bond motifs is 1. The molecule has 1 atom stereocenters. The number of nitrogens with two attached hydrogens (primary N) is 1. The molecule has 4 aromatic rings. The molecule has 0 radical (unpaired) electrons. The van der Waals surface area contributed by atoms with Gasteiger partial charge in [0.15, 0.2) is 0 Å². The highest BCUT2D eigenvalue weighted by atomic mass is 35.5. The molecule has 1 aliphatic rings. The van der Waals surface area contributed by atoms with Gasteiger partial charge in [0.25, 0.3) is 5.69 Å². The molecule has 1 aliphatic heterocycles. The molecular weight excluding hydrogens is 522 g/mol. The van der Waals surface area contributed by atoms with Crippen molar-refractivity contribution in [1.82, 2.24) is 0 Å². The van der Waals surface area contributed by atoms with Crippen molar-refractivity contribution < 1.29 is 23.9 Å². The number of para-hydroxylation sites is 1. The molecule has 9 nitrogen and oxygen atoms in total. The Bertz CT molecular complexity index is 1680. The summed E-state index contributed by atoms with van der Waals surface area (Å²) in [5, 5.41) is 21.0. The Labute approximate surface area is 227 Å². The van der Waals surface area contributed by atoms with E-state index in [1.54, 1.807) is 12.1 Å². The monoisotopic (exact) mass is 539 g/mol. The average Bonchev–Trinajstić information content (AvgIpc) is 2.93. The zero-order valence-electron chi connectivity index (χ0n) is 20.0. The largest absolute Gasteiger partial charge is 0.457 e. The maximum Gasteiger partial charge on any atom is 0.345 e. The van der Waals surface area contributed by atoms with Crippen LogP contribution in [0.1, 0.15) is 27.4 Å². The Kier molecular flexibility index (Phi) is 6.87. The van der Waals surface area contributed by atoms with Gasteiger partial charge in [-0.05, 0) is 42.0 Å². The summed E-state index contributed by atoms with van der Waals surface area (Å²) in [5.41, 5.74) is 7.22. The number of non-ortho nitro benzene ring substituents is 1. The lowest BCUT2D eigenvalue weighted by Crippen LogP contribution is -2.21. The third kappa shape index (κ3) is 5.23. The Balaban J connectivity index is 1.47. The minimum absolute atomic E-state index is 0.00307. The maximum absolute atomic E-state index is 12.8. The molecule has 0 aliphatic carbocycles. The van der Waals surface area contributed by atoms with Gasteiger partial charge in [0.05, 0.1) is 21.4 Å². The molecule has 1 heterocycles. The van der Waals surface area contributed by atoms with E-state index >= 15 is 0 Å². The fourth-order valence-corrected chi connectivity index (χ4v) is 4.36. The molecule has 2 N–H and O–H groups in total. The van der Waals surface area contributed by atoms with Crippen LogP contribution in [0.25, 0.3) is 0 Å². The number of nitro benzene ring substituents is 1. The van der Waals surface area contributed by atoms with Gasteiger partial charge in [-0.3, -0.25) is 10.1 Å². The van der Waals surface area contributed by atoms with Gasteiger partial charge in [0, 0.05) is 23.8 Å². The number of ether oxygens (including phenoxy) is 3. The van der Waals surface area contributed by atoms with E-state index in [2.05, 4.69) is 6.07 Å². The summed E-state index contributed by atoms with van der Waals surface area (Å²) in [6.07, 6.45) is 0. The van der Waals surface area contributed by atoms with E-state index < -0.39 is 16.8 Å². The molecule has 0 fully saturated rings. The third-order valence-electron chi connectivity index (χ3n) is 5.95. The van der Waals surface area contributed by atoms with Crippen LogP contribution in [0.2, 0.25) is 5.02 Å². The molecule has 192 valence electrons. The second kappa shape index (κ2) is 10.6. The Hall–Kier alpha value is -5.33. The fourth-order valence-electron chi connectivity index (χ4n) is 4.17.